The standard InChI is InChI=1S/C11H15BrClNO2S/c1-9(12)5-4-8-14-17(15,16)11-7-3-2-6-10(11)13/h2-3,6-7,9,14H,4-5,8H2,1H3. The highest BCUT2D eigenvalue weighted by molar-refractivity contribution is 9.09. The highest BCUT2D eigenvalue weighted by Gasteiger charge is 2.16. The van der Waals surface area contributed by atoms with Gasteiger partial charge in [0.15, 0.2) is 0 Å². The van der Waals surface area contributed by atoms with Crippen molar-refractivity contribution in [3.05, 3.63) is 29.3 Å². The van der Waals surface area contributed by atoms with Crippen LogP contribution in [-0.4, -0.2) is 19.8 Å². The van der Waals surface area contributed by atoms with E-state index in [0.717, 1.165) is 12.8 Å². The second-order valence-corrected chi connectivity index (χ2v) is 7.46. The molecule has 0 aliphatic rings. The van der Waals surface area contributed by atoms with Crippen LogP contribution in [0.15, 0.2) is 29.2 Å². The quantitative estimate of drug-likeness (QED) is 0.638. The van der Waals surface area contributed by atoms with Crippen molar-refractivity contribution < 1.29 is 8.42 Å². The number of hydrogen-bond donors (Lipinski definition) is 1. The summed E-state index contributed by atoms with van der Waals surface area (Å²) in [6.07, 6.45) is 1.71. The van der Waals surface area contributed by atoms with Crippen LogP contribution in [0.2, 0.25) is 5.02 Å². The van der Waals surface area contributed by atoms with E-state index in [9.17, 15) is 8.42 Å². The molecular formula is C11H15BrClNO2S. The van der Waals surface area contributed by atoms with E-state index in [1.165, 1.54) is 6.07 Å². The van der Waals surface area contributed by atoms with Gasteiger partial charge in [-0.1, -0.05) is 46.6 Å². The van der Waals surface area contributed by atoms with Crippen LogP contribution in [0.25, 0.3) is 0 Å². The number of benzene rings is 1. The van der Waals surface area contributed by atoms with Crippen LogP contribution in [-0.2, 0) is 10.0 Å². The van der Waals surface area contributed by atoms with Crippen LogP contribution in [0.5, 0.6) is 0 Å². The zero-order valence-electron chi connectivity index (χ0n) is 9.49. The summed E-state index contributed by atoms with van der Waals surface area (Å²) in [4.78, 5) is 0.529. The van der Waals surface area contributed by atoms with Crippen molar-refractivity contribution in [3.63, 3.8) is 0 Å². The molecule has 1 aromatic rings. The van der Waals surface area contributed by atoms with Crippen LogP contribution in [0.1, 0.15) is 19.8 Å². The molecule has 0 saturated heterocycles. The predicted octanol–water partition coefficient (Wildman–Crippen LogP) is 3.18. The van der Waals surface area contributed by atoms with E-state index in [2.05, 4.69) is 20.7 Å². The van der Waals surface area contributed by atoms with Gasteiger partial charge in [0.2, 0.25) is 10.0 Å². The first-order valence-electron chi connectivity index (χ1n) is 5.32. The minimum absolute atomic E-state index is 0.133. The summed E-state index contributed by atoms with van der Waals surface area (Å²) in [5, 5.41) is 0.244. The Morgan fingerprint density at radius 3 is 2.65 bits per heavy atom. The molecule has 1 aromatic carbocycles. The van der Waals surface area contributed by atoms with Gasteiger partial charge in [-0.05, 0) is 25.0 Å². The summed E-state index contributed by atoms with van der Waals surface area (Å²) >= 11 is 9.26. The fourth-order valence-corrected chi connectivity index (χ4v) is 3.25. The van der Waals surface area contributed by atoms with Gasteiger partial charge in [-0.3, -0.25) is 0 Å². The van der Waals surface area contributed by atoms with E-state index in [1.807, 2.05) is 6.92 Å². The third-order valence-electron chi connectivity index (χ3n) is 2.20. The molecule has 0 bridgehead atoms. The number of sulfonamides is 1. The molecule has 0 fully saturated rings. The third-order valence-corrected chi connectivity index (χ3v) is 4.62. The second kappa shape index (κ2) is 6.73. The lowest BCUT2D eigenvalue weighted by molar-refractivity contribution is 0.577. The van der Waals surface area contributed by atoms with Gasteiger partial charge >= 0.3 is 0 Å². The normalized spacial score (nSPS) is 13.6. The Labute approximate surface area is 116 Å². The fraction of sp³-hybridized carbons (Fsp3) is 0.455. The Hall–Kier alpha value is -0.100. The van der Waals surface area contributed by atoms with Crippen LogP contribution >= 0.6 is 27.5 Å². The Bertz CT molecular complexity index is 462. The minimum atomic E-state index is -3.49. The number of hydrogen-bond acceptors (Lipinski definition) is 2. The predicted molar refractivity (Wildman–Crippen MR) is 74.3 cm³/mol. The Balaban J connectivity index is 2.61. The van der Waals surface area contributed by atoms with Gasteiger partial charge in [0.05, 0.1) is 5.02 Å². The van der Waals surface area contributed by atoms with Crippen LogP contribution in [0, 0.1) is 0 Å². The highest BCUT2D eigenvalue weighted by Crippen LogP contribution is 2.20. The molecule has 1 N–H and O–H groups in total. The first-order chi connectivity index (χ1) is 7.93. The van der Waals surface area contributed by atoms with Gasteiger partial charge in [0.25, 0.3) is 0 Å². The molecule has 0 spiro atoms. The summed E-state index contributed by atoms with van der Waals surface area (Å²) in [6, 6.07) is 6.42. The Morgan fingerprint density at radius 1 is 1.41 bits per heavy atom. The first kappa shape index (κ1) is 15.0. The SMILES string of the molecule is CC(Br)CCCNS(=O)(=O)c1ccccc1Cl. The van der Waals surface area contributed by atoms with E-state index in [1.54, 1.807) is 18.2 Å². The molecule has 1 rings (SSSR count). The second-order valence-electron chi connectivity index (χ2n) is 3.75. The molecule has 96 valence electrons. The lowest BCUT2D eigenvalue weighted by Gasteiger charge is -2.08. The van der Waals surface area contributed by atoms with E-state index in [4.69, 9.17) is 11.6 Å². The van der Waals surface area contributed by atoms with Gasteiger partial charge in [-0.25, -0.2) is 13.1 Å². The number of alkyl halides is 1. The van der Waals surface area contributed by atoms with Crippen molar-refractivity contribution in [1.82, 2.24) is 4.72 Å². The average molecular weight is 341 g/mol. The van der Waals surface area contributed by atoms with E-state index in [-0.39, 0.29) is 9.92 Å². The lowest BCUT2D eigenvalue weighted by Crippen LogP contribution is -2.25. The van der Waals surface area contributed by atoms with Crippen molar-refractivity contribution in [2.75, 3.05) is 6.54 Å². The maximum atomic E-state index is 11.9. The van der Waals surface area contributed by atoms with Crippen LogP contribution in [0.4, 0.5) is 0 Å². The molecule has 0 aromatic heterocycles. The summed E-state index contributed by atoms with van der Waals surface area (Å²) in [5.41, 5.74) is 0. The zero-order valence-corrected chi connectivity index (χ0v) is 12.6. The van der Waals surface area contributed by atoms with Crippen molar-refractivity contribution >= 4 is 37.6 Å². The third kappa shape index (κ3) is 4.95. The van der Waals surface area contributed by atoms with Crippen molar-refractivity contribution in [1.29, 1.82) is 0 Å². The highest BCUT2D eigenvalue weighted by atomic mass is 79.9. The molecule has 3 nitrogen and oxygen atoms in total. The molecule has 0 aliphatic carbocycles. The Kier molecular flexibility index (Phi) is 5.92. The number of rotatable bonds is 6. The van der Waals surface area contributed by atoms with Gasteiger partial charge in [-0.2, -0.15) is 0 Å². The van der Waals surface area contributed by atoms with E-state index >= 15 is 0 Å². The van der Waals surface area contributed by atoms with Gasteiger partial charge in [0, 0.05) is 11.4 Å². The van der Waals surface area contributed by atoms with Crippen molar-refractivity contribution in [2.45, 2.75) is 29.5 Å². The topological polar surface area (TPSA) is 46.2 Å². The van der Waals surface area contributed by atoms with Crippen LogP contribution in [0.3, 0.4) is 0 Å². The van der Waals surface area contributed by atoms with Gasteiger partial charge < -0.3 is 0 Å². The first-order valence-corrected chi connectivity index (χ1v) is 8.09. The zero-order chi connectivity index (χ0) is 12.9. The smallest absolute Gasteiger partial charge is 0.211 e. The summed E-state index contributed by atoms with van der Waals surface area (Å²) in [6.45, 7) is 2.45. The minimum Gasteiger partial charge on any atom is -0.211 e. The molecule has 0 aliphatic heterocycles. The molecule has 0 heterocycles. The summed E-state index contributed by atoms with van der Waals surface area (Å²) < 4.78 is 26.3. The van der Waals surface area contributed by atoms with Gasteiger partial charge in [-0.15, -0.1) is 0 Å². The fourth-order valence-electron chi connectivity index (χ4n) is 1.33. The Morgan fingerprint density at radius 2 is 2.06 bits per heavy atom. The summed E-state index contributed by atoms with van der Waals surface area (Å²) in [5.74, 6) is 0. The number of halogens is 2. The average Bonchev–Trinajstić information content (AvgIpc) is 2.24. The van der Waals surface area contributed by atoms with E-state index in [0.29, 0.717) is 11.4 Å². The molecule has 1 unspecified atom stereocenters. The monoisotopic (exact) mass is 339 g/mol. The molecule has 0 radical (unpaired) electrons. The lowest BCUT2D eigenvalue weighted by atomic mass is 10.2. The molecular weight excluding hydrogens is 326 g/mol. The summed E-state index contributed by atoms with van der Waals surface area (Å²) in [7, 11) is -3.49. The maximum Gasteiger partial charge on any atom is 0.242 e. The van der Waals surface area contributed by atoms with Crippen molar-refractivity contribution in [3.8, 4) is 0 Å². The molecule has 1 atom stereocenters. The van der Waals surface area contributed by atoms with E-state index < -0.39 is 10.0 Å². The number of nitrogens with one attached hydrogen (secondary N) is 1. The molecule has 6 heteroatoms. The van der Waals surface area contributed by atoms with Crippen LogP contribution < -0.4 is 4.72 Å². The van der Waals surface area contributed by atoms with Crippen molar-refractivity contribution in [2.24, 2.45) is 0 Å². The molecule has 0 saturated carbocycles. The van der Waals surface area contributed by atoms with Gasteiger partial charge in [0.1, 0.15) is 4.90 Å². The molecule has 0 amide bonds. The largest absolute Gasteiger partial charge is 0.242 e. The molecule has 17 heavy (non-hydrogen) atoms. The maximum absolute atomic E-state index is 11.9.